The number of carbonyl (C=O) groups is 5. The van der Waals surface area contributed by atoms with E-state index in [0.29, 0.717) is 5.56 Å². The lowest BCUT2D eigenvalue weighted by molar-refractivity contribution is -0.121. The molecule has 1 aliphatic heterocycles. The van der Waals surface area contributed by atoms with E-state index in [1.807, 2.05) is 0 Å². The van der Waals surface area contributed by atoms with E-state index in [1.165, 1.54) is 24.3 Å². The summed E-state index contributed by atoms with van der Waals surface area (Å²) in [5, 5.41) is 5.18. The topological polar surface area (TPSA) is 131 Å². The summed E-state index contributed by atoms with van der Waals surface area (Å²) in [6.45, 7) is 1.68. The van der Waals surface area contributed by atoms with Gasteiger partial charge in [0.25, 0.3) is 17.7 Å². The van der Waals surface area contributed by atoms with Gasteiger partial charge in [0.1, 0.15) is 12.3 Å². The van der Waals surface area contributed by atoms with Gasteiger partial charge >= 0.3 is 6.16 Å². The first-order valence-corrected chi connectivity index (χ1v) is 9.85. The molecular weight excluding hydrogens is 418 g/mol. The number of benzene rings is 2. The maximum Gasteiger partial charge on any atom is 0.513 e. The molecule has 2 N–H and O–H groups in total. The molecule has 0 bridgehead atoms. The molecular formula is C22H21N3O7. The van der Waals surface area contributed by atoms with Crippen LogP contribution in [0.4, 0.5) is 4.79 Å². The number of hydrogen-bond acceptors (Lipinski definition) is 7. The SMILES string of the molecule is CCOC(=O)Oc1ccc(C(=O)NCCNC(=O)CN2C(=O)c3ccccc3C2=O)cc1. The van der Waals surface area contributed by atoms with Crippen molar-refractivity contribution in [3.63, 3.8) is 0 Å². The third-order valence-corrected chi connectivity index (χ3v) is 4.49. The molecule has 0 aliphatic carbocycles. The van der Waals surface area contributed by atoms with E-state index in [1.54, 1.807) is 31.2 Å². The van der Waals surface area contributed by atoms with Crippen molar-refractivity contribution in [3.8, 4) is 5.75 Å². The van der Waals surface area contributed by atoms with Crippen molar-refractivity contribution in [2.24, 2.45) is 0 Å². The third kappa shape index (κ3) is 5.28. The van der Waals surface area contributed by atoms with E-state index >= 15 is 0 Å². The molecule has 0 fully saturated rings. The molecule has 4 amide bonds. The van der Waals surface area contributed by atoms with Gasteiger partial charge in [0.15, 0.2) is 0 Å². The van der Waals surface area contributed by atoms with Crippen LogP contribution in [0.2, 0.25) is 0 Å². The summed E-state index contributed by atoms with van der Waals surface area (Å²) in [5.41, 5.74) is 0.881. The molecule has 10 nitrogen and oxygen atoms in total. The lowest BCUT2D eigenvalue weighted by Gasteiger charge is -2.13. The molecule has 32 heavy (non-hydrogen) atoms. The second-order valence-corrected chi connectivity index (χ2v) is 6.66. The number of carbonyl (C=O) groups excluding carboxylic acids is 5. The lowest BCUT2D eigenvalue weighted by Crippen LogP contribution is -2.42. The second-order valence-electron chi connectivity index (χ2n) is 6.66. The first-order chi connectivity index (χ1) is 15.4. The predicted octanol–water partition coefficient (Wildman–Crippen LogP) is 1.36. The number of nitrogens with one attached hydrogen (secondary N) is 2. The zero-order valence-corrected chi connectivity index (χ0v) is 17.3. The summed E-state index contributed by atoms with van der Waals surface area (Å²) in [6, 6.07) is 12.2. The van der Waals surface area contributed by atoms with Crippen molar-refractivity contribution < 1.29 is 33.4 Å². The van der Waals surface area contributed by atoms with E-state index in [0.717, 1.165) is 4.90 Å². The Morgan fingerprint density at radius 1 is 0.875 bits per heavy atom. The Kier molecular flexibility index (Phi) is 7.17. The molecule has 0 unspecified atom stereocenters. The Morgan fingerprint density at radius 3 is 2.06 bits per heavy atom. The maximum atomic E-state index is 12.3. The van der Waals surface area contributed by atoms with Crippen LogP contribution >= 0.6 is 0 Å². The number of rotatable bonds is 8. The number of fused-ring (bicyclic) bond motifs is 1. The predicted molar refractivity (Wildman–Crippen MR) is 111 cm³/mol. The second kappa shape index (κ2) is 10.2. The smallest absolute Gasteiger partial charge is 0.434 e. The average molecular weight is 439 g/mol. The highest BCUT2D eigenvalue weighted by molar-refractivity contribution is 6.22. The van der Waals surface area contributed by atoms with Gasteiger partial charge in [0.2, 0.25) is 5.91 Å². The number of amides is 4. The monoisotopic (exact) mass is 439 g/mol. The van der Waals surface area contributed by atoms with Crippen LogP contribution in [0.1, 0.15) is 38.0 Å². The molecule has 1 heterocycles. The Bertz CT molecular complexity index is 1010. The molecule has 2 aromatic carbocycles. The fraction of sp³-hybridized carbons (Fsp3) is 0.227. The highest BCUT2D eigenvalue weighted by Crippen LogP contribution is 2.21. The summed E-state index contributed by atoms with van der Waals surface area (Å²) in [6.07, 6.45) is -0.832. The minimum Gasteiger partial charge on any atom is -0.434 e. The van der Waals surface area contributed by atoms with Gasteiger partial charge < -0.3 is 20.1 Å². The van der Waals surface area contributed by atoms with E-state index in [4.69, 9.17) is 4.74 Å². The Hall–Kier alpha value is -4.21. The first-order valence-electron chi connectivity index (χ1n) is 9.85. The van der Waals surface area contributed by atoms with Gasteiger partial charge in [-0.05, 0) is 43.3 Å². The van der Waals surface area contributed by atoms with Crippen molar-refractivity contribution >= 4 is 29.8 Å². The van der Waals surface area contributed by atoms with Gasteiger partial charge in [0, 0.05) is 18.7 Å². The molecule has 0 saturated heterocycles. The van der Waals surface area contributed by atoms with E-state index in [9.17, 15) is 24.0 Å². The summed E-state index contributed by atoms with van der Waals surface area (Å²) >= 11 is 0. The van der Waals surface area contributed by atoms with Crippen molar-refractivity contribution in [1.82, 2.24) is 15.5 Å². The molecule has 1 aliphatic rings. The van der Waals surface area contributed by atoms with Gasteiger partial charge in [-0.3, -0.25) is 24.1 Å². The van der Waals surface area contributed by atoms with Crippen molar-refractivity contribution in [1.29, 1.82) is 0 Å². The van der Waals surface area contributed by atoms with E-state index in [2.05, 4.69) is 15.4 Å². The largest absolute Gasteiger partial charge is 0.513 e. The van der Waals surface area contributed by atoms with Crippen LogP contribution in [0, 0.1) is 0 Å². The van der Waals surface area contributed by atoms with Gasteiger partial charge in [-0.1, -0.05) is 12.1 Å². The van der Waals surface area contributed by atoms with Crippen LogP contribution in [0.25, 0.3) is 0 Å². The number of ether oxygens (including phenoxy) is 2. The Morgan fingerprint density at radius 2 is 1.47 bits per heavy atom. The van der Waals surface area contributed by atoms with Crippen molar-refractivity contribution in [2.45, 2.75) is 6.92 Å². The zero-order valence-electron chi connectivity index (χ0n) is 17.3. The lowest BCUT2D eigenvalue weighted by atomic mass is 10.1. The van der Waals surface area contributed by atoms with E-state index < -0.39 is 30.4 Å². The van der Waals surface area contributed by atoms with Gasteiger partial charge in [0.05, 0.1) is 17.7 Å². The fourth-order valence-electron chi connectivity index (χ4n) is 2.98. The van der Waals surface area contributed by atoms with Crippen LogP contribution < -0.4 is 15.4 Å². The minimum atomic E-state index is -0.832. The van der Waals surface area contributed by atoms with Gasteiger partial charge in [-0.25, -0.2) is 4.79 Å². The Labute approximate surface area is 183 Å². The van der Waals surface area contributed by atoms with Crippen LogP contribution in [-0.2, 0) is 9.53 Å². The van der Waals surface area contributed by atoms with Gasteiger partial charge in [-0.2, -0.15) is 0 Å². The summed E-state index contributed by atoms with van der Waals surface area (Å²) in [4.78, 5) is 61.0. The quantitative estimate of drug-likeness (QED) is 0.275. The molecule has 3 rings (SSSR count). The summed E-state index contributed by atoms with van der Waals surface area (Å²) < 4.78 is 9.58. The molecule has 0 atom stereocenters. The van der Waals surface area contributed by atoms with Gasteiger partial charge in [-0.15, -0.1) is 0 Å². The molecule has 2 aromatic rings. The number of nitrogens with zero attached hydrogens (tertiary/aromatic N) is 1. The standard InChI is InChI=1S/C22H21N3O7/c1-2-31-22(30)32-15-9-7-14(8-10-15)19(27)24-12-11-23-18(26)13-25-20(28)16-5-3-4-6-17(16)21(25)29/h3-10H,2,11-13H2,1H3,(H,23,26)(H,24,27). The fourth-order valence-corrected chi connectivity index (χ4v) is 2.98. The summed E-state index contributed by atoms with van der Waals surface area (Å²) in [7, 11) is 0. The zero-order chi connectivity index (χ0) is 23.1. The Balaban J connectivity index is 1.40. The molecule has 10 heteroatoms. The minimum absolute atomic E-state index is 0.109. The molecule has 0 aromatic heterocycles. The number of hydrogen-bond donors (Lipinski definition) is 2. The van der Waals surface area contributed by atoms with Crippen LogP contribution in [0.15, 0.2) is 48.5 Å². The molecule has 0 spiro atoms. The normalized spacial score (nSPS) is 12.2. The third-order valence-electron chi connectivity index (χ3n) is 4.49. The van der Waals surface area contributed by atoms with Crippen LogP contribution in [-0.4, -0.2) is 60.9 Å². The first kappa shape index (κ1) is 22.5. The van der Waals surface area contributed by atoms with E-state index in [-0.39, 0.29) is 42.5 Å². The highest BCUT2D eigenvalue weighted by Gasteiger charge is 2.36. The van der Waals surface area contributed by atoms with Crippen LogP contribution in [0.5, 0.6) is 5.75 Å². The maximum absolute atomic E-state index is 12.3. The summed E-state index contributed by atoms with van der Waals surface area (Å²) in [5.74, 6) is -1.69. The molecule has 0 radical (unpaired) electrons. The average Bonchev–Trinajstić information content (AvgIpc) is 3.02. The molecule has 166 valence electrons. The van der Waals surface area contributed by atoms with Crippen molar-refractivity contribution in [2.75, 3.05) is 26.2 Å². The molecule has 0 saturated carbocycles. The highest BCUT2D eigenvalue weighted by atomic mass is 16.7. The van der Waals surface area contributed by atoms with Crippen molar-refractivity contribution in [3.05, 3.63) is 65.2 Å². The van der Waals surface area contributed by atoms with Crippen LogP contribution in [0.3, 0.4) is 0 Å². The number of imide groups is 1.